The Morgan fingerprint density at radius 2 is 2.17 bits per heavy atom. The van der Waals surface area contributed by atoms with E-state index < -0.39 is 0 Å². The van der Waals surface area contributed by atoms with Crippen molar-refractivity contribution in [1.82, 2.24) is 14.7 Å². The highest BCUT2D eigenvalue weighted by molar-refractivity contribution is 5.92. The second kappa shape index (κ2) is 8.24. The van der Waals surface area contributed by atoms with Crippen molar-refractivity contribution in [1.29, 1.82) is 5.26 Å². The predicted octanol–water partition coefficient (Wildman–Crippen LogP) is 1.65. The lowest BCUT2D eigenvalue weighted by molar-refractivity contribution is -0.117. The van der Waals surface area contributed by atoms with Crippen LogP contribution in [0.1, 0.15) is 12.5 Å². The number of methoxy groups -OCH3 is 1. The van der Waals surface area contributed by atoms with Crippen LogP contribution in [0, 0.1) is 11.3 Å². The van der Waals surface area contributed by atoms with Crippen LogP contribution in [0.2, 0.25) is 0 Å². The van der Waals surface area contributed by atoms with Gasteiger partial charge in [-0.05, 0) is 26.1 Å². The van der Waals surface area contributed by atoms with Crippen LogP contribution in [-0.2, 0) is 9.53 Å². The van der Waals surface area contributed by atoms with Crippen molar-refractivity contribution < 1.29 is 9.53 Å². The number of anilines is 1. The number of nitriles is 1. The second-order valence-corrected chi connectivity index (χ2v) is 5.53. The summed E-state index contributed by atoms with van der Waals surface area (Å²) < 4.78 is 6.65. The zero-order valence-corrected chi connectivity index (χ0v) is 14.1. The molecule has 0 aliphatic heterocycles. The molecule has 0 unspecified atom stereocenters. The summed E-state index contributed by atoms with van der Waals surface area (Å²) >= 11 is 0. The second-order valence-electron chi connectivity index (χ2n) is 5.53. The first kappa shape index (κ1) is 17.7. The van der Waals surface area contributed by atoms with E-state index in [9.17, 15) is 10.1 Å². The van der Waals surface area contributed by atoms with Crippen LogP contribution in [0.3, 0.4) is 0 Å². The number of aromatic nitrogens is 2. The van der Waals surface area contributed by atoms with Crippen LogP contribution in [-0.4, -0.2) is 53.9 Å². The monoisotopic (exact) mass is 327 g/mol. The fourth-order valence-corrected chi connectivity index (χ4v) is 2.24. The van der Waals surface area contributed by atoms with Gasteiger partial charge in [-0.2, -0.15) is 10.4 Å². The number of amides is 1. The number of carbonyl (C=O) groups is 1. The molecule has 24 heavy (non-hydrogen) atoms. The molecular weight excluding hydrogens is 306 g/mol. The number of benzene rings is 1. The molecular formula is C17H21N5O2. The van der Waals surface area contributed by atoms with E-state index in [1.54, 1.807) is 11.8 Å². The van der Waals surface area contributed by atoms with Gasteiger partial charge >= 0.3 is 0 Å². The molecule has 0 bridgehead atoms. The zero-order valence-electron chi connectivity index (χ0n) is 14.1. The SMILES string of the molecule is COC[C@H](C)N(C)CC(=O)Nc1c(C#N)cnn1-c1ccccc1. The Hall–Kier alpha value is -2.69. The molecule has 0 fully saturated rings. The molecule has 0 radical (unpaired) electrons. The number of para-hydroxylation sites is 1. The molecule has 1 aromatic carbocycles. The van der Waals surface area contributed by atoms with E-state index >= 15 is 0 Å². The van der Waals surface area contributed by atoms with Crippen LogP contribution in [0.15, 0.2) is 36.5 Å². The molecule has 0 aliphatic rings. The van der Waals surface area contributed by atoms with Crippen molar-refractivity contribution in [2.75, 3.05) is 32.6 Å². The van der Waals surface area contributed by atoms with Crippen molar-refractivity contribution in [2.24, 2.45) is 0 Å². The minimum Gasteiger partial charge on any atom is -0.383 e. The zero-order chi connectivity index (χ0) is 17.5. The highest BCUT2D eigenvalue weighted by Gasteiger charge is 2.17. The third-order valence-electron chi connectivity index (χ3n) is 3.70. The van der Waals surface area contributed by atoms with E-state index in [1.165, 1.54) is 6.20 Å². The molecule has 2 aromatic rings. The fourth-order valence-electron chi connectivity index (χ4n) is 2.24. The maximum Gasteiger partial charge on any atom is 0.239 e. The number of hydrogen-bond acceptors (Lipinski definition) is 5. The predicted molar refractivity (Wildman–Crippen MR) is 90.9 cm³/mol. The third kappa shape index (κ3) is 4.19. The molecule has 2 rings (SSSR count). The van der Waals surface area contributed by atoms with Gasteiger partial charge in [0.25, 0.3) is 0 Å². The van der Waals surface area contributed by atoms with Crippen molar-refractivity contribution >= 4 is 11.7 Å². The van der Waals surface area contributed by atoms with Gasteiger partial charge in [-0.1, -0.05) is 18.2 Å². The highest BCUT2D eigenvalue weighted by atomic mass is 16.5. The van der Waals surface area contributed by atoms with Gasteiger partial charge < -0.3 is 10.1 Å². The smallest absolute Gasteiger partial charge is 0.239 e. The number of carbonyl (C=O) groups excluding carboxylic acids is 1. The average Bonchev–Trinajstić information content (AvgIpc) is 2.98. The first-order chi connectivity index (χ1) is 11.6. The molecule has 1 N–H and O–H groups in total. The summed E-state index contributed by atoms with van der Waals surface area (Å²) in [6.45, 7) is 2.70. The van der Waals surface area contributed by atoms with Gasteiger partial charge in [0.15, 0.2) is 5.82 Å². The van der Waals surface area contributed by atoms with E-state index in [0.717, 1.165) is 5.69 Å². The van der Waals surface area contributed by atoms with Gasteiger partial charge in [0.05, 0.1) is 25.0 Å². The van der Waals surface area contributed by atoms with Crippen molar-refractivity contribution in [3.63, 3.8) is 0 Å². The quantitative estimate of drug-likeness (QED) is 0.836. The lowest BCUT2D eigenvalue weighted by Crippen LogP contribution is -2.39. The number of likely N-dealkylation sites (N-methyl/N-ethyl adjacent to an activating group) is 1. The van der Waals surface area contributed by atoms with Gasteiger partial charge in [0.1, 0.15) is 11.6 Å². The number of hydrogen-bond donors (Lipinski definition) is 1. The maximum absolute atomic E-state index is 12.3. The standard InChI is InChI=1S/C17H21N5O2/c1-13(12-24-3)21(2)11-16(23)20-17-14(9-18)10-19-22(17)15-7-5-4-6-8-15/h4-8,10,13H,11-12H2,1-3H3,(H,20,23)/t13-/m0/s1. The molecule has 1 aromatic heterocycles. The summed E-state index contributed by atoms with van der Waals surface area (Å²) in [6, 6.07) is 11.5. The molecule has 126 valence electrons. The van der Waals surface area contributed by atoms with E-state index in [2.05, 4.69) is 16.5 Å². The molecule has 1 amide bonds. The Bertz CT molecular complexity index is 720. The molecule has 1 heterocycles. The molecule has 0 aliphatic carbocycles. The average molecular weight is 327 g/mol. The Labute approximate surface area is 141 Å². The van der Waals surface area contributed by atoms with Crippen molar-refractivity contribution in [3.8, 4) is 11.8 Å². The van der Waals surface area contributed by atoms with E-state index in [-0.39, 0.29) is 18.5 Å². The molecule has 0 spiro atoms. The Kier molecular flexibility index (Phi) is 6.07. The summed E-state index contributed by atoms with van der Waals surface area (Å²) in [4.78, 5) is 14.2. The van der Waals surface area contributed by atoms with E-state index in [4.69, 9.17) is 4.74 Å². The molecule has 7 nitrogen and oxygen atoms in total. The van der Waals surface area contributed by atoms with E-state index in [1.807, 2.05) is 49.2 Å². The minimum absolute atomic E-state index is 0.107. The highest BCUT2D eigenvalue weighted by Crippen LogP contribution is 2.19. The van der Waals surface area contributed by atoms with Crippen LogP contribution in [0.5, 0.6) is 0 Å². The first-order valence-corrected chi connectivity index (χ1v) is 7.59. The van der Waals surface area contributed by atoms with Crippen LogP contribution in [0.25, 0.3) is 5.69 Å². The summed E-state index contributed by atoms with van der Waals surface area (Å²) in [5, 5.41) is 16.2. The number of rotatable bonds is 7. The molecule has 1 atom stereocenters. The Balaban J connectivity index is 2.16. The maximum atomic E-state index is 12.3. The van der Waals surface area contributed by atoms with Crippen LogP contribution >= 0.6 is 0 Å². The lowest BCUT2D eigenvalue weighted by atomic mass is 10.3. The normalized spacial score (nSPS) is 12.0. The van der Waals surface area contributed by atoms with Gasteiger partial charge in [0.2, 0.25) is 5.91 Å². The summed E-state index contributed by atoms with van der Waals surface area (Å²) in [5.74, 6) is 0.163. The number of nitrogens with zero attached hydrogens (tertiary/aromatic N) is 4. The lowest BCUT2D eigenvalue weighted by Gasteiger charge is -2.23. The molecule has 0 saturated carbocycles. The van der Waals surface area contributed by atoms with Gasteiger partial charge in [0, 0.05) is 13.2 Å². The Morgan fingerprint density at radius 3 is 2.79 bits per heavy atom. The molecule has 7 heteroatoms. The van der Waals surface area contributed by atoms with Gasteiger partial charge in [-0.15, -0.1) is 0 Å². The largest absolute Gasteiger partial charge is 0.383 e. The van der Waals surface area contributed by atoms with Crippen molar-refractivity contribution in [2.45, 2.75) is 13.0 Å². The van der Waals surface area contributed by atoms with Crippen LogP contribution < -0.4 is 5.32 Å². The minimum atomic E-state index is -0.213. The topological polar surface area (TPSA) is 83.2 Å². The number of ether oxygens (including phenoxy) is 1. The van der Waals surface area contributed by atoms with Gasteiger partial charge in [-0.25, -0.2) is 4.68 Å². The molecule has 0 saturated heterocycles. The summed E-state index contributed by atoms with van der Waals surface area (Å²) in [6.07, 6.45) is 1.44. The third-order valence-corrected chi connectivity index (χ3v) is 3.70. The summed E-state index contributed by atoms with van der Waals surface area (Å²) in [5.41, 5.74) is 1.09. The number of nitrogens with one attached hydrogen (secondary N) is 1. The Morgan fingerprint density at radius 1 is 1.46 bits per heavy atom. The first-order valence-electron chi connectivity index (χ1n) is 7.59. The fraction of sp³-hybridized carbons (Fsp3) is 0.353. The van der Waals surface area contributed by atoms with Gasteiger partial charge in [-0.3, -0.25) is 9.69 Å². The van der Waals surface area contributed by atoms with Crippen molar-refractivity contribution in [3.05, 3.63) is 42.1 Å². The van der Waals surface area contributed by atoms with Crippen LogP contribution in [0.4, 0.5) is 5.82 Å². The summed E-state index contributed by atoms with van der Waals surface area (Å²) in [7, 11) is 3.48. The van der Waals surface area contributed by atoms with E-state index in [0.29, 0.717) is 18.0 Å².